The Balaban J connectivity index is 1.68. The molecule has 0 atom stereocenters. The highest BCUT2D eigenvalue weighted by molar-refractivity contribution is 6.31. The fourth-order valence-electron chi connectivity index (χ4n) is 3.33. The van der Waals surface area contributed by atoms with Gasteiger partial charge in [-0.3, -0.25) is 0 Å². The third-order valence-corrected chi connectivity index (χ3v) is 5.34. The molecule has 1 aromatic heterocycles. The van der Waals surface area contributed by atoms with Crippen LogP contribution in [0.5, 0.6) is 0 Å². The Morgan fingerprint density at radius 3 is 2.32 bits per heavy atom. The van der Waals surface area contributed by atoms with Crippen LogP contribution in [0, 0.1) is 6.92 Å². The van der Waals surface area contributed by atoms with Gasteiger partial charge in [0.2, 0.25) is 0 Å². The first-order valence-corrected chi connectivity index (χ1v) is 10.5. The van der Waals surface area contributed by atoms with Gasteiger partial charge in [-0.1, -0.05) is 59.6 Å². The molecular weight excluding hydrogens is 467 g/mol. The summed E-state index contributed by atoms with van der Waals surface area (Å²) in [5, 5.41) is 9.14. The molecule has 6 nitrogen and oxygen atoms in total. The van der Waals surface area contributed by atoms with Crippen LogP contribution in [0.2, 0.25) is 5.02 Å². The number of anilines is 3. The Hall–Kier alpha value is -3.98. The predicted molar refractivity (Wildman–Crippen MR) is 127 cm³/mol. The lowest BCUT2D eigenvalue weighted by Gasteiger charge is -2.13. The Morgan fingerprint density at radius 1 is 1.00 bits per heavy atom. The molecule has 1 heterocycles. The van der Waals surface area contributed by atoms with Gasteiger partial charge in [0.05, 0.1) is 16.3 Å². The number of nitrogens with zero attached hydrogens (tertiary/aromatic N) is 2. The van der Waals surface area contributed by atoms with E-state index in [4.69, 9.17) is 17.3 Å². The first-order valence-electron chi connectivity index (χ1n) is 10.1. The number of carbonyl (C=O) groups excluding carboxylic acids is 1. The van der Waals surface area contributed by atoms with E-state index < -0.39 is 22.8 Å². The molecule has 0 radical (unpaired) electrons. The van der Waals surface area contributed by atoms with Crippen LogP contribution in [-0.4, -0.2) is 15.8 Å². The zero-order valence-electron chi connectivity index (χ0n) is 17.8. The van der Waals surface area contributed by atoms with E-state index in [0.717, 1.165) is 17.7 Å². The summed E-state index contributed by atoms with van der Waals surface area (Å²) < 4.78 is 41.0. The Bertz CT molecular complexity index is 1340. The van der Waals surface area contributed by atoms with Crippen LogP contribution in [0.3, 0.4) is 0 Å². The number of hydrogen-bond acceptors (Lipinski definition) is 3. The van der Waals surface area contributed by atoms with Crippen LogP contribution in [-0.2, 0) is 6.18 Å². The number of nitrogens with one attached hydrogen (secondary N) is 2. The Labute approximate surface area is 198 Å². The molecule has 0 unspecified atom stereocenters. The van der Waals surface area contributed by atoms with E-state index >= 15 is 0 Å². The lowest BCUT2D eigenvalue weighted by Crippen LogP contribution is -2.21. The van der Waals surface area contributed by atoms with Crippen LogP contribution < -0.4 is 16.4 Å². The van der Waals surface area contributed by atoms with Gasteiger partial charge in [0, 0.05) is 11.3 Å². The number of hydrogen-bond donors (Lipinski definition) is 3. The minimum Gasteiger partial charge on any atom is -0.382 e. The molecule has 0 bridgehead atoms. The van der Waals surface area contributed by atoms with Crippen LogP contribution >= 0.6 is 11.6 Å². The first-order chi connectivity index (χ1) is 16.1. The number of rotatable bonds is 4. The minimum absolute atomic E-state index is 0.0833. The third kappa shape index (κ3) is 4.84. The molecule has 0 aliphatic carbocycles. The number of nitrogen functional groups attached to an aromatic ring is 1. The van der Waals surface area contributed by atoms with Crippen LogP contribution in [0.25, 0.3) is 16.9 Å². The van der Waals surface area contributed by atoms with E-state index in [1.165, 1.54) is 10.7 Å². The standard InChI is InChI=1S/C24H19ClF3N5O/c1-14-7-10-17(11-8-14)33-22(29)21(20(32-33)15-5-3-2-4-6-15)31-23(34)30-16-9-12-19(25)18(13-16)24(26,27)28/h2-13H,29H2,1H3,(H2,30,31,34). The van der Waals surface area contributed by atoms with Gasteiger partial charge in [0.1, 0.15) is 11.4 Å². The largest absolute Gasteiger partial charge is 0.417 e. The average Bonchev–Trinajstić information content (AvgIpc) is 3.11. The summed E-state index contributed by atoms with van der Waals surface area (Å²) in [5.74, 6) is 0.157. The van der Waals surface area contributed by atoms with Gasteiger partial charge in [0.15, 0.2) is 5.82 Å². The zero-order valence-corrected chi connectivity index (χ0v) is 18.6. The van der Waals surface area contributed by atoms with Crippen molar-refractivity contribution in [3.8, 4) is 16.9 Å². The summed E-state index contributed by atoms with van der Waals surface area (Å²) in [7, 11) is 0. The molecule has 4 aromatic rings. The zero-order chi connectivity index (χ0) is 24.5. The fraction of sp³-hybridized carbons (Fsp3) is 0.0833. The predicted octanol–water partition coefficient (Wildman–Crippen LogP) is 6.75. The maximum atomic E-state index is 13.2. The van der Waals surface area contributed by atoms with Crippen molar-refractivity contribution in [3.05, 3.63) is 88.9 Å². The minimum atomic E-state index is -4.66. The van der Waals surface area contributed by atoms with E-state index in [9.17, 15) is 18.0 Å². The molecule has 0 saturated carbocycles. The van der Waals surface area contributed by atoms with Gasteiger partial charge in [0.25, 0.3) is 0 Å². The van der Waals surface area contributed by atoms with Gasteiger partial charge in [-0.15, -0.1) is 0 Å². The molecule has 2 amide bonds. The van der Waals surface area contributed by atoms with Crippen molar-refractivity contribution in [1.29, 1.82) is 0 Å². The first kappa shape index (κ1) is 23.2. The number of benzene rings is 3. The second-order valence-electron chi connectivity index (χ2n) is 7.49. The molecule has 4 rings (SSSR count). The quantitative estimate of drug-likeness (QED) is 0.299. The second kappa shape index (κ2) is 9.11. The van der Waals surface area contributed by atoms with Gasteiger partial charge in [-0.25, -0.2) is 9.48 Å². The number of alkyl halides is 3. The maximum absolute atomic E-state index is 13.2. The van der Waals surface area contributed by atoms with Gasteiger partial charge in [-0.2, -0.15) is 18.3 Å². The maximum Gasteiger partial charge on any atom is 0.417 e. The van der Waals surface area contributed by atoms with Crippen LogP contribution in [0.15, 0.2) is 72.8 Å². The van der Waals surface area contributed by atoms with Crippen molar-refractivity contribution in [2.45, 2.75) is 13.1 Å². The molecule has 3 aromatic carbocycles. The number of urea groups is 1. The molecule has 34 heavy (non-hydrogen) atoms. The lowest BCUT2D eigenvalue weighted by molar-refractivity contribution is -0.137. The van der Waals surface area contributed by atoms with Crippen molar-refractivity contribution < 1.29 is 18.0 Å². The summed E-state index contributed by atoms with van der Waals surface area (Å²) in [5.41, 5.74) is 8.26. The van der Waals surface area contributed by atoms with Crippen molar-refractivity contribution in [1.82, 2.24) is 9.78 Å². The Morgan fingerprint density at radius 2 is 1.68 bits per heavy atom. The molecule has 0 fully saturated rings. The number of aromatic nitrogens is 2. The molecule has 10 heteroatoms. The fourth-order valence-corrected chi connectivity index (χ4v) is 3.56. The SMILES string of the molecule is Cc1ccc(-n2nc(-c3ccccc3)c(NC(=O)Nc3ccc(Cl)c(C(F)(F)F)c3)c2N)cc1. The molecular formula is C24H19ClF3N5O. The summed E-state index contributed by atoms with van der Waals surface area (Å²) in [6.45, 7) is 1.95. The highest BCUT2D eigenvalue weighted by atomic mass is 35.5. The summed E-state index contributed by atoms with van der Waals surface area (Å²) in [6, 6.07) is 18.9. The number of halogens is 4. The number of amides is 2. The topological polar surface area (TPSA) is 85.0 Å². The van der Waals surface area contributed by atoms with Crippen molar-refractivity contribution in [3.63, 3.8) is 0 Å². The smallest absolute Gasteiger partial charge is 0.382 e. The van der Waals surface area contributed by atoms with Crippen molar-refractivity contribution >= 4 is 34.8 Å². The number of aryl methyl sites for hydroxylation is 1. The summed E-state index contributed by atoms with van der Waals surface area (Å²) in [6.07, 6.45) is -4.66. The molecule has 174 valence electrons. The number of carbonyl (C=O) groups is 1. The second-order valence-corrected chi connectivity index (χ2v) is 7.90. The lowest BCUT2D eigenvalue weighted by atomic mass is 10.1. The highest BCUT2D eigenvalue weighted by Crippen LogP contribution is 2.37. The molecule has 0 aliphatic rings. The molecule has 0 aliphatic heterocycles. The van der Waals surface area contributed by atoms with Gasteiger partial charge in [-0.05, 0) is 37.3 Å². The summed E-state index contributed by atoms with van der Waals surface area (Å²) >= 11 is 5.65. The Kier molecular flexibility index (Phi) is 6.21. The molecule has 0 spiro atoms. The highest BCUT2D eigenvalue weighted by Gasteiger charge is 2.33. The van der Waals surface area contributed by atoms with E-state index in [0.29, 0.717) is 16.9 Å². The van der Waals surface area contributed by atoms with Crippen molar-refractivity contribution in [2.75, 3.05) is 16.4 Å². The van der Waals surface area contributed by atoms with E-state index in [-0.39, 0.29) is 17.2 Å². The van der Waals surface area contributed by atoms with E-state index in [2.05, 4.69) is 15.7 Å². The van der Waals surface area contributed by atoms with E-state index in [1.54, 1.807) is 12.1 Å². The normalized spacial score (nSPS) is 11.3. The van der Waals surface area contributed by atoms with Crippen LogP contribution in [0.4, 0.5) is 35.2 Å². The average molecular weight is 486 g/mol. The molecule has 0 saturated heterocycles. The van der Waals surface area contributed by atoms with Crippen molar-refractivity contribution in [2.24, 2.45) is 0 Å². The number of nitrogens with two attached hydrogens (primary N) is 1. The van der Waals surface area contributed by atoms with E-state index in [1.807, 2.05) is 49.4 Å². The monoisotopic (exact) mass is 485 g/mol. The molecule has 4 N–H and O–H groups in total. The van der Waals surface area contributed by atoms with Gasteiger partial charge >= 0.3 is 12.2 Å². The van der Waals surface area contributed by atoms with Crippen LogP contribution in [0.1, 0.15) is 11.1 Å². The third-order valence-electron chi connectivity index (χ3n) is 5.02. The summed E-state index contributed by atoms with van der Waals surface area (Å²) in [4.78, 5) is 12.7. The van der Waals surface area contributed by atoms with Gasteiger partial charge < -0.3 is 16.4 Å².